The zero-order valence-electron chi connectivity index (χ0n) is 8.93. The van der Waals surface area contributed by atoms with E-state index in [9.17, 15) is 0 Å². The van der Waals surface area contributed by atoms with Crippen LogP contribution in [0.4, 0.5) is 0 Å². The summed E-state index contributed by atoms with van der Waals surface area (Å²) in [6.07, 6.45) is 0. The molecule has 0 saturated heterocycles. The molecule has 0 aliphatic heterocycles. The van der Waals surface area contributed by atoms with Crippen LogP contribution in [0.3, 0.4) is 0 Å². The number of ether oxygens (including phenoxy) is 3. The van der Waals surface area contributed by atoms with Crippen LogP contribution in [-0.4, -0.2) is 52.7 Å². The Morgan fingerprint density at radius 2 is 1.47 bits per heavy atom. The van der Waals surface area contributed by atoms with Crippen molar-refractivity contribution >= 4 is 0 Å². The summed E-state index contributed by atoms with van der Waals surface area (Å²) in [5, 5.41) is 3.33. The van der Waals surface area contributed by atoms with E-state index in [2.05, 4.69) is 15.8 Å². The van der Waals surface area contributed by atoms with Crippen molar-refractivity contribution in [2.24, 2.45) is 5.11 Å². The van der Waals surface area contributed by atoms with E-state index in [0.29, 0.717) is 46.2 Å². The normalized spacial score (nSPS) is 9.93. The smallest absolute Gasteiger partial charge is 0.0977 e. The number of quaternary nitrogens is 1. The van der Waals surface area contributed by atoms with Gasteiger partial charge in [-0.25, -0.2) is 0 Å². The summed E-state index contributed by atoms with van der Waals surface area (Å²) < 4.78 is 15.5. The molecule has 0 unspecified atom stereocenters. The topological polar surface area (TPSA) is 104 Å². The molecule has 0 bridgehead atoms. The Morgan fingerprint density at radius 1 is 0.933 bits per heavy atom. The Bertz CT molecular complexity index is 173. The van der Waals surface area contributed by atoms with E-state index in [0.717, 1.165) is 6.54 Å². The highest BCUT2D eigenvalue weighted by atomic mass is 16.5. The Morgan fingerprint density at radius 3 is 2.00 bits per heavy atom. The van der Waals surface area contributed by atoms with Crippen LogP contribution in [0.15, 0.2) is 5.11 Å². The summed E-state index contributed by atoms with van der Waals surface area (Å²) in [6, 6.07) is 0. The fraction of sp³-hybridized carbons (Fsp3) is 1.00. The van der Waals surface area contributed by atoms with Crippen molar-refractivity contribution in [2.75, 3.05) is 52.7 Å². The minimum atomic E-state index is 0.364. The highest BCUT2D eigenvalue weighted by Crippen LogP contribution is 1.81. The molecule has 0 aromatic rings. The molecule has 0 aliphatic rings. The molecule has 0 aliphatic carbocycles. The third kappa shape index (κ3) is 13.2. The molecule has 0 radical (unpaired) electrons. The van der Waals surface area contributed by atoms with E-state index in [1.165, 1.54) is 0 Å². The van der Waals surface area contributed by atoms with Gasteiger partial charge in [0.1, 0.15) is 0 Å². The first kappa shape index (κ1) is 14.2. The van der Waals surface area contributed by atoms with Gasteiger partial charge >= 0.3 is 0 Å². The summed E-state index contributed by atoms with van der Waals surface area (Å²) in [6.45, 7) is 4.46. The molecule has 0 rings (SSSR count). The maximum Gasteiger partial charge on any atom is 0.0977 e. The lowest BCUT2D eigenvalue weighted by atomic mass is 10.7. The Balaban J connectivity index is 2.89. The monoisotopic (exact) mass is 219 g/mol. The first-order chi connectivity index (χ1) is 7.41. The third-order valence-electron chi connectivity index (χ3n) is 1.43. The van der Waals surface area contributed by atoms with Crippen molar-refractivity contribution in [3.8, 4) is 0 Å². The fourth-order valence-electron chi connectivity index (χ4n) is 0.794. The van der Waals surface area contributed by atoms with E-state index < -0.39 is 0 Å². The number of hydrogen-bond acceptors (Lipinski definition) is 4. The molecule has 7 heteroatoms. The second-order valence-electron chi connectivity index (χ2n) is 2.65. The molecular formula is C8H19N4O3+. The van der Waals surface area contributed by atoms with Crippen LogP contribution in [0.2, 0.25) is 0 Å². The first-order valence-electron chi connectivity index (χ1n) is 4.95. The minimum Gasteiger partial charge on any atom is -0.379 e. The zero-order chi connectivity index (χ0) is 11.2. The summed E-state index contributed by atoms with van der Waals surface area (Å²) in [5.74, 6) is 0. The molecule has 88 valence electrons. The molecular weight excluding hydrogens is 200 g/mol. The van der Waals surface area contributed by atoms with Crippen LogP contribution in [0.1, 0.15) is 0 Å². The molecule has 0 spiro atoms. The van der Waals surface area contributed by atoms with E-state index in [1.807, 2.05) is 0 Å². The van der Waals surface area contributed by atoms with Crippen molar-refractivity contribution in [1.82, 2.24) is 0 Å². The van der Waals surface area contributed by atoms with Crippen LogP contribution in [0.5, 0.6) is 0 Å². The molecule has 3 N–H and O–H groups in total. The number of hydrogen-bond donors (Lipinski definition) is 1. The molecule has 7 nitrogen and oxygen atoms in total. The lowest BCUT2D eigenvalue weighted by molar-refractivity contribution is -0.374. The number of rotatable bonds is 11. The molecule has 0 heterocycles. The Hall–Kier alpha value is -0.850. The molecule has 0 fully saturated rings. The van der Waals surface area contributed by atoms with Crippen molar-refractivity contribution in [2.45, 2.75) is 0 Å². The fourth-order valence-corrected chi connectivity index (χ4v) is 0.794. The Kier molecular flexibility index (Phi) is 12.4. The van der Waals surface area contributed by atoms with Crippen molar-refractivity contribution in [1.29, 1.82) is 0 Å². The average Bonchev–Trinajstić information content (AvgIpc) is 2.26. The van der Waals surface area contributed by atoms with Crippen LogP contribution < -0.4 is 5.73 Å². The van der Waals surface area contributed by atoms with Crippen molar-refractivity contribution in [3.05, 3.63) is 10.4 Å². The van der Waals surface area contributed by atoms with Gasteiger partial charge in [-0.15, -0.1) is 0 Å². The molecule has 0 saturated carbocycles. The van der Waals surface area contributed by atoms with Gasteiger partial charge in [-0.2, -0.15) is 0 Å². The maximum atomic E-state index is 7.97. The Labute approximate surface area is 89.1 Å². The van der Waals surface area contributed by atoms with Crippen LogP contribution in [0.25, 0.3) is 10.4 Å². The predicted molar refractivity (Wildman–Crippen MR) is 54.2 cm³/mol. The second-order valence-corrected chi connectivity index (χ2v) is 2.65. The number of azide groups is 1. The SMILES string of the molecule is [N-]=[N+]=NCCOCCOCCOCC[NH3+]. The van der Waals surface area contributed by atoms with Gasteiger partial charge in [0, 0.05) is 11.5 Å². The summed E-state index contributed by atoms with van der Waals surface area (Å²) in [4.78, 5) is 2.60. The summed E-state index contributed by atoms with van der Waals surface area (Å²) in [5.41, 5.74) is 11.6. The first-order valence-corrected chi connectivity index (χ1v) is 4.95. The van der Waals surface area contributed by atoms with E-state index >= 15 is 0 Å². The molecule has 15 heavy (non-hydrogen) atoms. The second kappa shape index (κ2) is 13.2. The highest BCUT2D eigenvalue weighted by molar-refractivity contribution is 4.44. The van der Waals surface area contributed by atoms with Crippen molar-refractivity contribution in [3.63, 3.8) is 0 Å². The molecule has 0 atom stereocenters. The van der Waals surface area contributed by atoms with Gasteiger partial charge in [0.2, 0.25) is 0 Å². The summed E-state index contributed by atoms with van der Waals surface area (Å²) in [7, 11) is 0. The van der Waals surface area contributed by atoms with Gasteiger partial charge in [0.25, 0.3) is 0 Å². The van der Waals surface area contributed by atoms with Crippen molar-refractivity contribution < 1.29 is 19.9 Å². The van der Waals surface area contributed by atoms with Gasteiger partial charge in [0.05, 0.1) is 46.2 Å². The highest BCUT2D eigenvalue weighted by Gasteiger charge is 1.90. The molecule has 0 aromatic carbocycles. The maximum absolute atomic E-state index is 7.97. The lowest BCUT2D eigenvalue weighted by Gasteiger charge is -2.04. The lowest BCUT2D eigenvalue weighted by Crippen LogP contribution is -2.52. The predicted octanol–water partition coefficient (Wildman–Crippen LogP) is -0.412. The van der Waals surface area contributed by atoms with E-state index in [-0.39, 0.29) is 0 Å². The van der Waals surface area contributed by atoms with Gasteiger partial charge in [-0.1, -0.05) is 5.11 Å². The quantitative estimate of drug-likeness (QED) is 0.221. The largest absolute Gasteiger partial charge is 0.379 e. The molecule has 0 aromatic heterocycles. The van der Waals surface area contributed by atoms with Crippen LogP contribution >= 0.6 is 0 Å². The summed E-state index contributed by atoms with van der Waals surface area (Å²) >= 11 is 0. The van der Waals surface area contributed by atoms with E-state index in [4.69, 9.17) is 19.7 Å². The molecule has 0 amide bonds. The van der Waals surface area contributed by atoms with Crippen LogP contribution in [0, 0.1) is 0 Å². The third-order valence-corrected chi connectivity index (χ3v) is 1.43. The van der Waals surface area contributed by atoms with Gasteiger partial charge in [-0.3, -0.25) is 0 Å². The van der Waals surface area contributed by atoms with Gasteiger partial charge in [-0.05, 0) is 5.53 Å². The number of nitrogens with zero attached hydrogens (tertiary/aromatic N) is 3. The minimum absolute atomic E-state index is 0.364. The van der Waals surface area contributed by atoms with Crippen LogP contribution in [-0.2, 0) is 14.2 Å². The average molecular weight is 219 g/mol. The standard InChI is InChI=1S/C8H18N4O3/c9-1-3-13-5-7-15-8-6-14-4-2-11-12-10/h1-9H2/p+1. The zero-order valence-corrected chi connectivity index (χ0v) is 8.93. The van der Waals surface area contributed by atoms with Gasteiger partial charge in [0.15, 0.2) is 0 Å². The van der Waals surface area contributed by atoms with E-state index in [1.54, 1.807) is 0 Å². The van der Waals surface area contributed by atoms with Gasteiger partial charge < -0.3 is 19.9 Å².